The van der Waals surface area contributed by atoms with Crippen molar-refractivity contribution in [3.63, 3.8) is 0 Å². The molecule has 0 radical (unpaired) electrons. The molecule has 0 N–H and O–H groups in total. The van der Waals surface area contributed by atoms with Gasteiger partial charge in [0, 0.05) is 5.69 Å². The van der Waals surface area contributed by atoms with Crippen LogP contribution in [0.4, 0.5) is 8.78 Å². The van der Waals surface area contributed by atoms with Gasteiger partial charge in [-0.05, 0) is 43.3 Å². The topological polar surface area (TPSA) is 44.1 Å². The van der Waals surface area contributed by atoms with Crippen molar-refractivity contribution in [2.45, 2.75) is 6.92 Å². The van der Waals surface area contributed by atoms with Crippen molar-refractivity contribution in [3.05, 3.63) is 71.0 Å². The first-order chi connectivity index (χ1) is 12.0. The third-order valence-electron chi connectivity index (χ3n) is 3.52. The summed E-state index contributed by atoms with van der Waals surface area (Å²) in [6.45, 7) is 1.84. The van der Waals surface area contributed by atoms with Gasteiger partial charge in [-0.25, -0.2) is 18.6 Å². The monoisotopic (exact) mass is 362 g/mol. The van der Waals surface area contributed by atoms with Crippen LogP contribution in [0, 0.1) is 11.6 Å². The Morgan fingerprint density at radius 1 is 1.20 bits per heavy atom. The van der Waals surface area contributed by atoms with E-state index < -0.39 is 17.6 Å². The molecule has 0 bridgehead atoms. The highest BCUT2D eigenvalue weighted by molar-refractivity contribution is 6.33. The van der Waals surface area contributed by atoms with E-state index in [0.717, 1.165) is 0 Å². The highest BCUT2D eigenvalue weighted by Crippen LogP contribution is 2.32. The maximum Gasteiger partial charge on any atom is 0.356 e. The summed E-state index contributed by atoms with van der Waals surface area (Å²) in [6.07, 6.45) is 1.28. The number of benzene rings is 2. The second-order valence-electron chi connectivity index (χ2n) is 5.10. The van der Waals surface area contributed by atoms with Crippen molar-refractivity contribution in [2.24, 2.45) is 0 Å². The van der Waals surface area contributed by atoms with E-state index in [1.165, 1.54) is 53.2 Å². The second kappa shape index (κ2) is 7.03. The van der Waals surface area contributed by atoms with Gasteiger partial charge < -0.3 is 4.74 Å². The first-order valence-electron chi connectivity index (χ1n) is 7.48. The molecule has 0 spiro atoms. The van der Waals surface area contributed by atoms with Gasteiger partial charge in [0.1, 0.15) is 17.5 Å². The van der Waals surface area contributed by atoms with Crippen molar-refractivity contribution >= 4 is 17.6 Å². The van der Waals surface area contributed by atoms with Gasteiger partial charge in [0.15, 0.2) is 5.69 Å². The van der Waals surface area contributed by atoms with E-state index in [1.54, 1.807) is 6.92 Å². The number of ether oxygens (including phenoxy) is 1. The average molecular weight is 363 g/mol. The predicted octanol–water partition coefficient (Wildman–Crippen LogP) is 4.65. The number of carbonyl (C=O) groups is 1. The second-order valence-corrected chi connectivity index (χ2v) is 5.50. The maximum atomic E-state index is 14.3. The van der Waals surface area contributed by atoms with Gasteiger partial charge in [0.2, 0.25) is 0 Å². The molecule has 3 rings (SSSR count). The molecule has 128 valence electrons. The van der Waals surface area contributed by atoms with Gasteiger partial charge in [-0.1, -0.05) is 17.7 Å². The van der Waals surface area contributed by atoms with Gasteiger partial charge in [-0.2, -0.15) is 0 Å². The number of nitrogens with zero attached hydrogens (tertiary/aromatic N) is 2. The number of aromatic nitrogens is 2. The Hall–Kier alpha value is -2.73. The summed E-state index contributed by atoms with van der Waals surface area (Å²) in [7, 11) is 0. The molecular weight excluding hydrogens is 350 g/mol. The zero-order chi connectivity index (χ0) is 18.0. The standard InChI is InChI=1S/C18H13ClF2N2O2/c1-2-25-18(24)15-10-22-17(16-13(19)4-3-5-14(16)21)23(15)12-8-6-11(20)7-9-12/h3-10H,2H2,1H3. The summed E-state index contributed by atoms with van der Waals surface area (Å²) in [6, 6.07) is 9.62. The van der Waals surface area contributed by atoms with Crippen LogP contribution < -0.4 is 0 Å². The molecule has 3 aromatic rings. The van der Waals surface area contributed by atoms with E-state index >= 15 is 0 Å². The molecule has 0 aliphatic heterocycles. The normalized spacial score (nSPS) is 10.7. The lowest BCUT2D eigenvalue weighted by molar-refractivity contribution is 0.0517. The third kappa shape index (κ3) is 3.25. The van der Waals surface area contributed by atoms with Crippen molar-refractivity contribution < 1.29 is 18.3 Å². The predicted molar refractivity (Wildman–Crippen MR) is 89.9 cm³/mol. The zero-order valence-corrected chi connectivity index (χ0v) is 13.9. The molecule has 0 unspecified atom stereocenters. The van der Waals surface area contributed by atoms with Gasteiger partial charge in [-0.3, -0.25) is 4.57 Å². The van der Waals surface area contributed by atoms with E-state index in [4.69, 9.17) is 16.3 Å². The molecule has 0 saturated carbocycles. The lowest BCUT2D eigenvalue weighted by Gasteiger charge is -2.13. The maximum absolute atomic E-state index is 14.3. The fourth-order valence-corrected chi connectivity index (χ4v) is 2.69. The molecule has 4 nitrogen and oxygen atoms in total. The minimum atomic E-state index is -0.627. The van der Waals surface area contributed by atoms with E-state index in [-0.39, 0.29) is 28.7 Å². The minimum absolute atomic E-state index is 0.0454. The summed E-state index contributed by atoms with van der Waals surface area (Å²) < 4.78 is 34.0. The number of rotatable bonds is 4. The number of imidazole rings is 1. The van der Waals surface area contributed by atoms with Crippen LogP contribution in [-0.2, 0) is 4.74 Å². The molecule has 1 heterocycles. The summed E-state index contributed by atoms with van der Waals surface area (Å²) >= 11 is 6.13. The van der Waals surface area contributed by atoms with Crippen LogP contribution in [0.3, 0.4) is 0 Å². The molecule has 0 saturated heterocycles. The van der Waals surface area contributed by atoms with Crippen LogP contribution in [0.15, 0.2) is 48.7 Å². The Balaban J connectivity index is 2.26. The van der Waals surface area contributed by atoms with Crippen molar-refractivity contribution in [1.29, 1.82) is 0 Å². The van der Waals surface area contributed by atoms with Crippen LogP contribution in [-0.4, -0.2) is 22.1 Å². The Morgan fingerprint density at radius 2 is 1.92 bits per heavy atom. The molecule has 7 heteroatoms. The number of halogens is 3. The first kappa shape index (κ1) is 17.1. The lowest BCUT2D eigenvalue weighted by Crippen LogP contribution is -2.12. The first-order valence-corrected chi connectivity index (χ1v) is 7.86. The largest absolute Gasteiger partial charge is 0.461 e. The van der Waals surface area contributed by atoms with Crippen LogP contribution in [0.1, 0.15) is 17.4 Å². The van der Waals surface area contributed by atoms with E-state index in [0.29, 0.717) is 5.69 Å². The van der Waals surface area contributed by atoms with Crippen molar-refractivity contribution in [3.8, 4) is 17.1 Å². The van der Waals surface area contributed by atoms with E-state index in [2.05, 4.69) is 4.98 Å². The fourth-order valence-electron chi connectivity index (χ4n) is 2.44. The Kier molecular flexibility index (Phi) is 4.81. The van der Waals surface area contributed by atoms with Crippen molar-refractivity contribution in [1.82, 2.24) is 9.55 Å². The average Bonchev–Trinajstić information content (AvgIpc) is 3.00. The molecular formula is C18H13ClF2N2O2. The summed E-state index contributed by atoms with van der Waals surface area (Å²) in [5, 5.41) is 0.143. The molecule has 0 fully saturated rings. The third-order valence-corrected chi connectivity index (χ3v) is 3.83. The smallest absolute Gasteiger partial charge is 0.356 e. The molecule has 0 aliphatic rings. The highest BCUT2D eigenvalue weighted by Gasteiger charge is 2.23. The Morgan fingerprint density at radius 3 is 2.56 bits per heavy atom. The SMILES string of the molecule is CCOC(=O)c1cnc(-c2c(F)cccc2Cl)n1-c1ccc(F)cc1. The lowest BCUT2D eigenvalue weighted by atomic mass is 10.2. The Bertz CT molecular complexity index is 903. The Labute approximate surface area is 147 Å². The quantitative estimate of drug-likeness (QED) is 0.635. The van der Waals surface area contributed by atoms with Crippen LogP contribution in [0.25, 0.3) is 17.1 Å². The summed E-state index contributed by atoms with van der Waals surface area (Å²) in [4.78, 5) is 16.4. The van der Waals surface area contributed by atoms with Gasteiger partial charge >= 0.3 is 5.97 Å². The van der Waals surface area contributed by atoms with E-state index in [9.17, 15) is 13.6 Å². The number of hydrogen-bond donors (Lipinski definition) is 0. The van der Waals surface area contributed by atoms with Crippen LogP contribution in [0.2, 0.25) is 5.02 Å². The van der Waals surface area contributed by atoms with Gasteiger partial charge in [-0.15, -0.1) is 0 Å². The number of esters is 1. The van der Waals surface area contributed by atoms with Crippen molar-refractivity contribution in [2.75, 3.05) is 6.61 Å². The van der Waals surface area contributed by atoms with Gasteiger partial charge in [0.05, 0.1) is 23.4 Å². The molecule has 2 aromatic carbocycles. The van der Waals surface area contributed by atoms with Crippen LogP contribution >= 0.6 is 11.6 Å². The molecule has 0 amide bonds. The number of hydrogen-bond acceptors (Lipinski definition) is 3. The fraction of sp³-hybridized carbons (Fsp3) is 0.111. The summed E-state index contributed by atoms with van der Waals surface area (Å²) in [5.74, 6) is -1.53. The highest BCUT2D eigenvalue weighted by atomic mass is 35.5. The van der Waals surface area contributed by atoms with Crippen LogP contribution in [0.5, 0.6) is 0 Å². The van der Waals surface area contributed by atoms with E-state index in [1.807, 2.05) is 0 Å². The molecule has 25 heavy (non-hydrogen) atoms. The van der Waals surface area contributed by atoms with Gasteiger partial charge in [0.25, 0.3) is 0 Å². The number of carbonyl (C=O) groups excluding carboxylic acids is 1. The minimum Gasteiger partial charge on any atom is -0.461 e. The summed E-state index contributed by atoms with van der Waals surface area (Å²) in [5.41, 5.74) is 0.558. The molecule has 0 aliphatic carbocycles. The molecule has 1 aromatic heterocycles. The zero-order valence-electron chi connectivity index (χ0n) is 13.2. The molecule has 0 atom stereocenters.